The summed E-state index contributed by atoms with van der Waals surface area (Å²) in [6.07, 6.45) is 3.48. The van der Waals surface area contributed by atoms with E-state index in [1.165, 1.54) is 18.4 Å². The fourth-order valence-electron chi connectivity index (χ4n) is 3.66. The van der Waals surface area contributed by atoms with Crippen molar-refractivity contribution in [2.45, 2.75) is 44.3 Å². The number of carbonyl (C=O) groups is 1. The van der Waals surface area contributed by atoms with Crippen LogP contribution in [0.25, 0.3) is 11.3 Å². The zero-order valence-electron chi connectivity index (χ0n) is 12.7. The van der Waals surface area contributed by atoms with Gasteiger partial charge in [0.1, 0.15) is 5.69 Å². The number of amides is 1. The number of hydrogen-bond acceptors (Lipinski definition) is 2. The Morgan fingerprint density at radius 3 is 2.64 bits per heavy atom. The summed E-state index contributed by atoms with van der Waals surface area (Å²) >= 11 is 0. The molecule has 2 aliphatic rings. The molecule has 2 saturated heterocycles. The number of fused-ring (bicyclic) bond motifs is 2. The van der Waals surface area contributed by atoms with E-state index < -0.39 is 0 Å². The van der Waals surface area contributed by atoms with Crippen molar-refractivity contribution in [1.29, 1.82) is 0 Å². The quantitative estimate of drug-likeness (QED) is 0.815. The number of nitrogens with one attached hydrogen (secondary N) is 3. The highest BCUT2D eigenvalue weighted by atomic mass is 16.2. The molecule has 0 aliphatic carbocycles. The summed E-state index contributed by atoms with van der Waals surface area (Å²) < 4.78 is 0. The summed E-state index contributed by atoms with van der Waals surface area (Å²) in [5, 5.41) is 6.71. The summed E-state index contributed by atoms with van der Waals surface area (Å²) in [6.45, 7) is 2.07. The van der Waals surface area contributed by atoms with Gasteiger partial charge in [-0.05, 0) is 43.9 Å². The first-order valence-corrected chi connectivity index (χ1v) is 8.02. The Balaban J connectivity index is 1.46. The summed E-state index contributed by atoms with van der Waals surface area (Å²) in [5.74, 6) is -0.00212. The van der Waals surface area contributed by atoms with Crippen LogP contribution in [0.3, 0.4) is 0 Å². The molecule has 1 aromatic heterocycles. The van der Waals surface area contributed by atoms with Crippen LogP contribution in [-0.4, -0.2) is 29.0 Å². The molecule has 2 fully saturated rings. The second-order valence-corrected chi connectivity index (χ2v) is 6.51. The maximum atomic E-state index is 12.4. The summed E-state index contributed by atoms with van der Waals surface area (Å²) in [4.78, 5) is 15.6. The van der Waals surface area contributed by atoms with E-state index in [0.717, 1.165) is 17.7 Å². The lowest BCUT2D eigenvalue weighted by molar-refractivity contribution is 0.0926. The topological polar surface area (TPSA) is 56.9 Å². The lowest BCUT2D eigenvalue weighted by Crippen LogP contribution is -2.43. The minimum atomic E-state index is -0.00212. The van der Waals surface area contributed by atoms with Gasteiger partial charge in [0, 0.05) is 23.8 Å². The molecule has 0 saturated carbocycles. The zero-order valence-corrected chi connectivity index (χ0v) is 12.7. The lowest BCUT2D eigenvalue weighted by Gasteiger charge is -2.21. The normalized spacial score (nSPS) is 26.3. The van der Waals surface area contributed by atoms with Crippen LogP contribution in [0.5, 0.6) is 0 Å². The molecular weight excluding hydrogens is 274 g/mol. The average Bonchev–Trinajstić information content (AvgIpc) is 3.24. The third-order valence-corrected chi connectivity index (χ3v) is 4.91. The first kappa shape index (κ1) is 13.6. The van der Waals surface area contributed by atoms with Crippen LogP contribution >= 0.6 is 0 Å². The molecule has 3 atom stereocenters. The predicted octanol–water partition coefficient (Wildman–Crippen LogP) is 2.61. The third-order valence-electron chi connectivity index (χ3n) is 4.91. The van der Waals surface area contributed by atoms with Crippen molar-refractivity contribution in [3.8, 4) is 11.3 Å². The zero-order chi connectivity index (χ0) is 15.1. The Morgan fingerprint density at radius 2 is 1.95 bits per heavy atom. The SMILES string of the molecule is Cc1ccc(-c2ccc(C(=O)N[C@@H]3C[C@H]4CC[C@@H]3N4)[nH]2)cc1. The Kier molecular flexibility index (Phi) is 3.26. The summed E-state index contributed by atoms with van der Waals surface area (Å²) in [7, 11) is 0. The maximum Gasteiger partial charge on any atom is 0.267 e. The van der Waals surface area contributed by atoms with Crippen LogP contribution in [0.1, 0.15) is 35.3 Å². The Bertz CT molecular complexity index is 689. The van der Waals surface area contributed by atoms with E-state index in [9.17, 15) is 4.79 Å². The van der Waals surface area contributed by atoms with E-state index in [-0.39, 0.29) is 11.9 Å². The van der Waals surface area contributed by atoms with Gasteiger partial charge in [0.2, 0.25) is 0 Å². The molecule has 114 valence electrons. The molecule has 3 heterocycles. The van der Waals surface area contributed by atoms with E-state index in [4.69, 9.17) is 0 Å². The van der Waals surface area contributed by atoms with Crippen LogP contribution in [0.15, 0.2) is 36.4 Å². The largest absolute Gasteiger partial charge is 0.351 e. The van der Waals surface area contributed by atoms with Gasteiger partial charge in [-0.1, -0.05) is 29.8 Å². The highest BCUT2D eigenvalue weighted by Crippen LogP contribution is 2.28. The van der Waals surface area contributed by atoms with Gasteiger partial charge in [0.25, 0.3) is 5.91 Å². The highest BCUT2D eigenvalue weighted by Gasteiger charge is 2.39. The highest BCUT2D eigenvalue weighted by molar-refractivity contribution is 5.93. The first-order chi connectivity index (χ1) is 10.7. The van der Waals surface area contributed by atoms with E-state index >= 15 is 0 Å². The molecule has 2 aliphatic heterocycles. The van der Waals surface area contributed by atoms with Gasteiger partial charge < -0.3 is 15.6 Å². The van der Waals surface area contributed by atoms with Crippen molar-refractivity contribution in [3.05, 3.63) is 47.7 Å². The Morgan fingerprint density at radius 1 is 1.14 bits per heavy atom. The fourth-order valence-corrected chi connectivity index (χ4v) is 3.66. The van der Waals surface area contributed by atoms with E-state index in [1.54, 1.807) is 0 Å². The second kappa shape index (κ2) is 5.29. The molecule has 22 heavy (non-hydrogen) atoms. The molecule has 3 N–H and O–H groups in total. The third kappa shape index (κ3) is 2.44. The molecule has 2 bridgehead atoms. The van der Waals surface area contributed by atoms with Gasteiger partial charge in [0.15, 0.2) is 0 Å². The van der Waals surface area contributed by atoms with E-state index in [1.807, 2.05) is 12.1 Å². The van der Waals surface area contributed by atoms with Gasteiger partial charge in [-0.25, -0.2) is 0 Å². The summed E-state index contributed by atoms with van der Waals surface area (Å²) in [6, 6.07) is 13.5. The van der Waals surface area contributed by atoms with Gasteiger partial charge in [-0.15, -0.1) is 0 Å². The fraction of sp³-hybridized carbons (Fsp3) is 0.389. The van der Waals surface area contributed by atoms with Crippen molar-refractivity contribution in [3.63, 3.8) is 0 Å². The minimum absolute atomic E-state index is 0.00212. The maximum absolute atomic E-state index is 12.4. The molecule has 0 radical (unpaired) electrons. The van der Waals surface area contributed by atoms with Crippen LogP contribution in [-0.2, 0) is 0 Å². The second-order valence-electron chi connectivity index (χ2n) is 6.51. The minimum Gasteiger partial charge on any atom is -0.351 e. The Labute approximate surface area is 130 Å². The number of H-pyrrole nitrogens is 1. The average molecular weight is 295 g/mol. The van der Waals surface area contributed by atoms with Crippen molar-refractivity contribution in [2.75, 3.05) is 0 Å². The van der Waals surface area contributed by atoms with Crippen molar-refractivity contribution in [2.24, 2.45) is 0 Å². The molecule has 4 heteroatoms. The molecule has 4 nitrogen and oxygen atoms in total. The molecule has 1 aromatic carbocycles. The smallest absolute Gasteiger partial charge is 0.267 e. The van der Waals surface area contributed by atoms with Gasteiger partial charge >= 0.3 is 0 Å². The van der Waals surface area contributed by atoms with Gasteiger partial charge in [-0.2, -0.15) is 0 Å². The lowest BCUT2D eigenvalue weighted by atomic mass is 9.95. The van der Waals surface area contributed by atoms with E-state index in [0.29, 0.717) is 17.8 Å². The number of aryl methyl sites for hydroxylation is 1. The number of carbonyl (C=O) groups excluding carboxylic acids is 1. The van der Waals surface area contributed by atoms with Gasteiger partial charge in [0.05, 0.1) is 0 Å². The molecule has 0 spiro atoms. The van der Waals surface area contributed by atoms with E-state index in [2.05, 4.69) is 46.8 Å². The number of benzene rings is 1. The van der Waals surface area contributed by atoms with Crippen molar-refractivity contribution in [1.82, 2.24) is 15.6 Å². The Hall–Kier alpha value is -2.07. The number of hydrogen-bond donors (Lipinski definition) is 3. The van der Waals surface area contributed by atoms with Crippen molar-refractivity contribution < 1.29 is 4.79 Å². The molecule has 2 aromatic rings. The number of rotatable bonds is 3. The first-order valence-electron chi connectivity index (χ1n) is 8.02. The van der Waals surface area contributed by atoms with Crippen LogP contribution in [0.4, 0.5) is 0 Å². The molecular formula is C18H21N3O. The standard InChI is InChI=1S/C18H21N3O/c1-11-2-4-12(5-3-11)14-8-9-16(20-14)18(22)21-17-10-13-6-7-15(17)19-13/h2-5,8-9,13,15,17,19-20H,6-7,10H2,1H3,(H,21,22)/t13-,15+,17-/m1/s1. The molecule has 0 unspecified atom stereocenters. The number of aromatic nitrogens is 1. The van der Waals surface area contributed by atoms with Gasteiger partial charge in [-0.3, -0.25) is 4.79 Å². The number of aromatic amines is 1. The predicted molar refractivity (Wildman–Crippen MR) is 86.8 cm³/mol. The monoisotopic (exact) mass is 295 g/mol. The summed E-state index contributed by atoms with van der Waals surface area (Å²) in [5.41, 5.74) is 3.96. The molecule has 1 amide bonds. The van der Waals surface area contributed by atoms with Crippen LogP contribution in [0.2, 0.25) is 0 Å². The van der Waals surface area contributed by atoms with Crippen LogP contribution < -0.4 is 10.6 Å². The van der Waals surface area contributed by atoms with Crippen molar-refractivity contribution >= 4 is 5.91 Å². The van der Waals surface area contributed by atoms with Crippen LogP contribution in [0, 0.1) is 6.92 Å². The molecule has 4 rings (SSSR count).